The quantitative estimate of drug-likeness (QED) is 0.729. The maximum Gasteiger partial charge on any atom is 0.311 e. The molecule has 0 saturated carbocycles. The highest BCUT2D eigenvalue weighted by atomic mass is 16.5. The van der Waals surface area contributed by atoms with Gasteiger partial charge in [0.15, 0.2) is 0 Å². The van der Waals surface area contributed by atoms with Crippen molar-refractivity contribution in [2.24, 2.45) is 5.41 Å². The van der Waals surface area contributed by atoms with Crippen molar-refractivity contribution in [3.8, 4) is 0 Å². The Hall–Kier alpha value is -1.96. The van der Waals surface area contributed by atoms with E-state index in [1.807, 2.05) is 0 Å². The molecule has 0 aliphatic carbocycles. The first kappa shape index (κ1) is 13.5. The number of carboxylic acid groups (broad SMARTS) is 1. The molecule has 0 radical (unpaired) electrons. The summed E-state index contributed by atoms with van der Waals surface area (Å²) in [6, 6.07) is 0. The molecule has 1 amide bonds. The van der Waals surface area contributed by atoms with E-state index in [4.69, 9.17) is 4.74 Å². The summed E-state index contributed by atoms with van der Waals surface area (Å²) in [6.45, 7) is 0.960. The molecule has 1 saturated heterocycles. The minimum Gasteiger partial charge on any atom is -0.481 e. The number of nitrogens with one attached hydrogen (secondary N) is 1. The maximum absolute atomic E-state index is 11.7. The normalized spacial score (nSPS) is 17.9. The van der Waals surface area contributed by atoms with Gasteiger partial charge in [-0.1, -0.05) is 0 Å². The van der Waals surface area contributed by atoms with Crippen LogP contribution in [0.25, 0.3) is 0 Å². The van der Waals surface area contributed by atoms with Gasteiger partial charge in [-0.2, -0.15) is 5.10 Å². The molecule has 1 aromatic heterocycles. The van der Waals surface area contributed by atoms with Gasteiger partial charge in [-0.15, -0.1) is 0 Å². The second-order valence-electron chi connectivity index (χ2n) is 4.57. The van der Waals surface area contributed by atoms with E-state index >= 15 is 0 Å². The van der Waals surface area contributed by atoms with Crippen LogP contribution in [0.4, 0.5) is 0 Å². The number of rotatable bonds is 5. The zero-order chi connectivity index (χ0) is 13.7. The number of amides is 1. The molecule has 1 fully saturated rings. The molecule has 0 unspecified atom stereocenters. The van der Waals surface area contributed by atoms with E-state index in [0.717, 1.165) is 0 Å². The topological polar surface area (TPSA) is 106 Å². The van der Waals surface area contributed by atoms with Crippen molar-refractivity contribution >= 4 is 11.9 Å². The lowest BCUT2D eigenvalue weighted by Gasteiger charge is -2.33. The highest BCUT2D eigenvalue weighted by Crippen LogP contribution is 2.29. The predicted molar refractivity (Wildman–Crippen MR) is 63.2 cm³/mol. The lowest BCUT2D eigenvalue weighted by molar-refractivity contribution is -0.154. The van der Waals surface area contributed by atoms with Crippen molar-refractivity contribution < 1.29 is 19.4 Å². The van der Waals surface area contributed by atoms with E-state index < -0.39 is 11.4 Å². The van der Waals surface area contributed by atoms with Crippen molar-refractivity contribution in [1.82, 2.24) is 20.1 Å². The summed E-state index contributed by atoms with van der Waals surface area (Å²) in [5.74, 6) is -1.17. The fourth-order valence-corrected chi connectivity index (χ4v) is 2.01. The maximum atomic E-state index is 11.7. The van der Waals surface area contributed by atoms with Crippen molar-refractivity contribution in [3.63, 3.8) is 0 Å². The largest absolute Gasteiger partial charge is 0.481 e. The molecule has 0 spiro atoms. The van der Waals surface area contributed by atoms with Gasteiger partial charge in [0.05, 0.1) is 5.41 Å². The first-order chi connectivity index (χ1) is 9.12. The lowest BCUT2D eigenvalue weighted by atomic mass is 9.80. The zero-order valence-electron chi connectivity index (χ0n) is 10.4. The summed E-state index contributed by atoms with van der Waals surface area (Å²) >= 11 is 0. The highest BCUT2D eigenvalue weighted by Gasteiger charge is 2.40. The Labute approximate surface area is 109 Å². The average molecular weight is 268 g/mol. The van der Waals surface area contributed by atoms with Crippen LogP contribution in [-0.2, 0) is 20.9 Å². The Kier molecular flexibility index (Phi) is 4.10. The molecular weight excluding hydrogens is 252 g/mol. The van der Waals surface area contributed by atoms with E-state index in [-0.39, 0.29) is 19.0 Å². The fraction of sp³-hybridized carbons (Fsp3) is 0.636. The van der Waals surface area contributed by atoms with Crippen LogP contribution in [0.3, 0.4) is 0 Å². The number of aromatic nitrogens is 3. The van der Waals surface area contributed by atoms with Crippen LogP contribution < -0.4 is 5.32 Å². The summed E-state index contributed by atoms with van der Waals surface area (Å²) in [5, 5.41) is 15.8. The summed E-state index contributed by atoms with van der Waals surface area (Å²) in [4.78, 5) is 26.8. The minimum atomic E-state index is -0.920. The van der Waals surface area contributed by atoms with Gasteiger partial charge in [0.1, 0.15) is 19.2 Å². The Morgan fingerprint density at radius 1 is 1.42 bits per heavy atom. The standard InChI is InChI=1S/C11H16N4O4/c16-9(5-15-8-12-7-14-15)13-6-11(10(17)18)1-3-19-4-2-11/h7-8H,1-6H2,(H,13,16)(H,17,18). The van der Waals surface area contributed by atoms with E-state index in [9.17, 15) is 14.7 Å². The van der Waals surface area contributed by atoms with Gasteiger partial charge < -0.3 is 15.2 Å². The number of aliphatic carboxylic acids is 1. The monoisotopic (exact) mass is 268 g/mol. The number of carboxylic acids is 1. The van der Waals surface area contributed by atoms with Gasteiger partial charge >= 0.3 is 5.97 Å². The lowest BCUT2D eigenvalue weighted by Crippen LogP contribution is -2.47. The van der Waals surface area contributed by atoms with Crippen LogP contribution in [0, 0.1) is 5.41 Å². The molecule has 1 aliphatic rings. The molecule has 1 aromatic rings. The first-order valence-electron chi connectivity index (χ1n) is 6.03. The Morgan fingerprint density at radius 3 is 2.74 bits per heavy atom. The van der Waals surface area contributed by atoms with Gasteiger partial charge in [-0.25, -0.2) is 9.67 Å². The molecule has 0 atom stereocenters. The highest BCUT2D eigenvalue weighted by molar-refractivity contribution is 5.79. The van der Waals surface area contributed by atoms with Crippen molar-refractivity contribution in [1.29, 1.82) is 0 Å². The number of ether oxygens (including phenoxy) is 1. The molecule has 2 N–H and O–H groups in total. The van der Waals surface area contributed by atoms with Crippen LogP contribution in [0.2, 0.25) is 0 Å². The molecular formula is C11H16N4O4. The molecule has 0 bridgehead atoms. The van der Waals surface area contributed by atoms with Crippen molar-refractivity contribution in [2.45, 2.75) is 19.4 Å². The summed E-state index contributed by atoms with van der Waals surface area (Å²) in [6.07, 6.45) is 3.59. The van der Waals surface area contributed by atoms with Gasteiger partial charge in [0, 0.05) is 19.8 Å². The predicted octanol–water partition coefficient (Wildman–Crippen LogP) is -0.724. The summed E-state index contributed by atoms with van der Waals surface area (Å²) in [7, 11) is 0. The van der Waals surface area contributed by atoms with E-state index in [1.165, 1.54) is 17.3 Å². The van der Waals surface area contributed by atoms with Crippen LogP contribution in [0.5, 0.6) is 0 Å². The van der Waals surface area contributed by atoms with Crippen LogP contribution >= 0.6 is 0 Å². The second-order valence-corrected chi connectivity index (χ2v) is 4.57. The first-order valence-corrected chi connectivity index (χ1v) is 6.03. The third-order valence-electron chi connectivity index (χ3n) is 3.30. The molecule has 8 heteroatoms. The molecule has 2 rings (SSSR count). The van der Waals surface area contributed by atoms with Gasteiger partial charge in [-0.3, -0.25) is 9.59 Å². The molecule has 104 valence electrons. The SMILES string of the molecule is O=C(Cn1cncn1)NCC1(C(=O)O)CCOCC1. The molecule has 8 nitrogen and oxygen atoms in total. The average Bonchev–Trinajstić information content (AvgIpc) is 2.90. The minimum absolute atomic E-state index is 0.0339. The Bertz CT molecular complexity index is 440. The summed E-state index contributed by atoms with van der Waals surface area (Å²) < 4.78 is 6.55. The molecule has 1 aliphatic heterocycles. The smallest absolute Gasteiger partial charge is 0.311 e. The number of carbonyl (C=O) groups is 2. The van der Waals surface area contributed by atoms with Crippen LogP contribution in [0.15, 0.2) is 12.7 Å². The number of carbonyl (C=O) groups excluding carboxylic acids is 1. The van der Waals surface area contributed by atoms with Crippen LogP contribution in [-0.4, -0.2) is 51.5 Å². The third kappa shape index (κ3) is 3.28. The van der Waals surface area contributed by atoms with Gasteiger partial charge in [0.25, 0.3) is 0 Å². The van der Waals surface area contributed by atoms with E-state index in [1.54, 1.807) is 0 Å². The molecule has 0 aromatic carbocycles. The summed E-state index contributed by atoms with van der Waals surface area (Å²) in [5.41, 5.74) is -0.920. The third-order valence-corrected chi connectivity index (χ3v) is 3.30. The fourth-order valence-electron chi connectivity index (χ4n) is 2.01. The Morgan fingerprint density at radius 2 is 2.16 bits per heavy atom. The van der Waals surface area contributed by atoms with Crippen LogP contribution in [0.1, 0.15) is 12.8 Å². The van der Waals surface area contributed by atoms with Crippen molar-refractivity contribution in [2.75, 3.05) is 19.8 Å². The molecule has 19 heavy (non-hydrogen) atoms. The zero-order valence-corrected chi connectivity index (χ0v) is 10.4. The second kappa shape index (κ2) is 5.79. The number of nitrogens with zero attached hydrogens (tertiary/aromatic N) is 3. The molecule has 2 heterocycles. The van der Waals surface area contributed by atoms with Gasteiger partial charge in [-0.05, 0) is 12.8 Å². The Balaban J connectivity index is 1.88. The van der Waals surface area contributed by atoms with Gasteiger partial charge in [0.2, 0.25) is 5.91 Å². The van der Waals surface area contributed by atoms with Crippen molar-refractivity contribution in [3.05, 3.63) is 12.7 Å². The number of hydrogen-bond acceptors (Lipinski definition) is 5. The van der Waals surface area contributed by atoms with E-state index in [2.05, 4.69) is 15.4 Å². The number of hydrogen-bond donors (Lipinski definition) is 2. The van der Waals surface area contributed by atoms with E-state index in [0.29, 0.717) is 26.1 Å².